The molecule has 1 N–H and O–H groups in total. The average molecular weight is 698 g/mol. The number of aliphatic hydroxyl groups excluding tert-OH is 1. The van der Waals surface area contributed by atoms with Gasteiger partial charge in [0.05, 0.1) is 11.7 Å². The summed E-state index contributed by atoms with van der Waals surface area (Å²) in [6.45, 7) is 17.7. The van der Waals surface area contributed by atoms with Crippen LogP contribution in [0.1, 0.15) is 107 Å². The first-order valence-electron chi connectivity index (χ1n) is 16.8. The topological polar surface area (TPSA) is 55.8 Å². The summed E-state index contributed by atoms with van der Waals surface area (Å²) < 4.78 is 18.2. The fourth-order valence-electron chi connectivity index (χ4n) is 7.35. The van der Waals surface area contributed by atoms with Crippen LogP contribution in [-0.4, -0.2) is 47.3 Å². The van der Waals surface area contributed by atoms with Crippen LogP contribution in [0.25, 0.3) is 0 Å². The molecule has 0 amide bonds. The van der Waals surface area contributed by atoms with Crippen molar-refractivity contribution in [3.8, 4) is 0 Å². The van der Waals surface area contributed by atoms with Gasteiger partial charge in [0, 0.05) is 6.42 Å². The molecule has 2 heterocycles. The Labute approximate surface area is 266 Å². The Morgan fingerprint density at radius 3 is 2.09 bits per heavy atom. The minimum absolute atomic E-state index is 0.178. The molecule has 1 saturated carbocycles. The van der Waals surface area contributed by atoms with Crippen LogP contribution in [0.4, 0.5) is 0 Å². The number of hydrogen-bond acceptors (Lipinski definition) is 4. The molecule has 238 valence electrons. The number of hydrogen-bond donors (Lipinski definition) is 1. The van der Waals surface area contributed by atoms with Crippen molar-refractivity contribution in [1.82, 2.24) is 0 Å². The van der Waals surface area contributed by atoms with E-state index in [2.05, 4.69) is 71.9 Å². The van der Waals surface area contributed by atoms with Gasteiger partial charge in [-0.15, -0.1) is 0 Å². The van der Waals surface area contributed by atoms with Crippen LogP contribution in [0.2, 0.25) is 13.3 Å². The fraction of sp³-hybridized carbons (Fsp3) is 0.605. The molecule has 3 aliphatic rings. The number of allylic oxidation sites excluding steroid dienone is 10. The molecule has 43 heavy (non-hydrogen) atoms. The number of cyclic esters (lactones) is 1. The zero-order chi connectivity index (χ0) is 31.7. The van der Waals surface area contributed by atoms with Crippen LogP contribution in [0.3, 0.4) is 0 Å². The van der Waals surface area contributed by atoms with Crippen molar-refractivity contribution in [1.29, 1.82) is 0 Å². The molecule has 0 spiro atoms. The first-order chi connectivity index (χ1) is 20.4. The maximum absolute atomic E-state index is 12.8. The zero-order valence-electron chi connectivity index (χ0n) is 28.3. The Hall–Kier alpha value is -1.63. The number of esters is 1. The molecule has 0 saturated heterocycles. The molecule has 4 nitrogen and oxygen atoms in total. The number of fused-ring (bicyclic) bond motifs is 1. The molecular weight excluding hydrogens is 639 g/mol. The molecule has 1 aliphatic carbocycles. The Morgan fingerprint density at radius 1 is 0.930 bits per heavy atom. The van der Waals surface area contributed by atoms with Gasteiger partial charge >= 0.3 is 185 Å². The number of carbonyl (C=O) groups excluding carboxylic acids is 1. The van der Waals surface area contributed by atoms with Crippen LogP contribution in [-0.2, 0) is 14.3 Å². The van der Waals surface area contributed by atoms with E-state index in [-0.39, 0.29) is 11.4 Å². The van der Waals surface area contributed by atoms with Gasteiger partial charge in [-0.25, -0.2) is 4.79 Å². The number of aliphatic hydroxyl groups is 1. The number of ether oxygens (including phenoxy) is 2. The van der Waals surface area contributed by atoms with Crippen molar-refractivity contribution in [2.45, 2.75) is 138 Å². The van der Waals surface area contributed by atoms with E-state index >= 15 is 0 Å². The van der Waals surface area contributed by atoms with E-state index in [4.69, 9.17) is 9.47 Å². The molecule has 0 aromatic rings. The molecular formula is C38H58O4Sn. The molecule has 0 unspecified atom stereocenters. The van der Waals surface area contributed by atoms with Gasteiger partial charge in [-0.2, -0.15) is 0 Å². The van der Waals surface area contributed by atoms with Crippen molar-refractivity contribution in [3.63, 3.8) is 0 Å². The standard InChI is InChI=1S/C26H31O4.3C4H9.Sn/c1-6-7-8-9-10-11-12-18(2)13-20-14-21(24(28)29-20)22-15-23-25(3,4)16-19(27)17-26(23,5)30-22;3*1-3-4-2;/h7-15,19,22,27H,16-17H2,1-5H3;3*1,3-4H2,2H3;/b7-6?,9-8+,11-10-,18-12+,20-13-;;;;/t19-,22+,26+;;;;/m0..../s1. The molecule has 0 aromatic heterocycles. The van der Waals surface area contributed by atoms with Crippen molar-refractivity contribution in [3.05, 3.63) is 80.8 Å². The molecule has 1 fully saturated rings. The normalized spacial score (nSPS) is 27.3. The van der Waals surface area contributed by atoms with Gasteiger partial charge < -0.3 is 9.84 Å². The second-order valence-corrected chi connectivity index (χ2v) is 27.8. The Kier molecular flexibility index (Phi) is 13.4. The van der Waals surface area contributed by atoms with Crippen molar-refractivity contribution < 1.29 is 19.4 Å². The van der Waals surface area contributed by atoms with Crippen LogP contribution in [0.5, 0.6) is 0 Å². The van der Waals surface area contributed by atoms with E-state index in [1.165, 1.54) is 51.8 Å². The Balaban J connectivity index is 1.67. The van der Waals surface area contributed by atoms with E-state index in [0.29, 0.717) is 24.2 Å². The summed E-state index contributed by atoms with van der Waals surface area (Å²) in [6, 6.07) is 0. The third-order valence-electron chi connectivity index (χ3n) is 9.70. The first-order valence-corrected chi connectivity index (χ1v) is 24.3. The first kappa shape index (κ1) is 35.8. The van der Waals surface area contributed by atoms with Crippen molar-refractivity contribution >= 4 is 24.3 Å². The second kappa shape index (κ2) is 16.1. The molecule has 0 aromatic carbocycles. The van der Waals surface area contributed by atoms with E-state index < -0.39 is 36.2 Å². The average Bonchev–Trinajstić information content (AvgIpc) is 3.48. The van der Waals surface area contributed by atoms with E-state index in [1.807, 2.05) is 32.1 Å². The number of unbranched alkanes of at least 4 members (excludes halogenated alkanes) is 3. The predicted molar refractivity (Wildman–Crippen MR) is 183 cm³/mol. The van der Waals surface area contributed by atoms with Gasteiger partial charge in [0.15, 0.2) is 0 Å². The van der Waals surface area contributed by atoms with Gasteiger partial charge in [0.2, 0.25) is 0 Å². The SMILES string of the molecule is CCC[CH2][Sn]([CH2]CCC)([CH2]CCC)/[C](C)=C/C=C/C=C\C=C(C)\C=C1\C=C([C@H]2C=C3C(C)(C)C[C@H](O)C[C@@]3(C)O2)C(=O)O1. The van der Waals surface area contributed by atoms with Crippen LogP contribution in [0, 0.1) is 5.41 Å². The van der Waals surface area contributed by atoms with Gasteiger partial charge in [-0.3, -0.25) is 0 Å². The Morgan fingerprint density at radius 2 is 1.51 bits per heavy atom. The number of carbonyl (C=O) groups is 1. The van der Waals surface area contributed by atoms with E-state index in [9.17, 15) is 9.90 Å². The zero-order valence-corrected chi connectivity index (χ0v) is 31.2. The molecule has 0 radical (unpaired) electrons. The fourth-order valence-corrected chi connectivity index (χ4v) is 23.0. The summed E-state index contributed by atoms with van der Waals surface area (Å²) in [5, 5.41) is 10.4. The maximum atomic E-state index is 12.8. The summed E-state index contributed by atoms with van der Waals surface area (Å²) in [6.07, 6.45) is 27.1. The number of rotatable bonds is 15. The second-order valence-electron chi connectivity index (χ2n) is 14.0. The summed E-state index contributed by atoms with van der Waals surface area (Å²) >= 11 is -2.31. The van der Waals surface area contributed by atoms with Crippen molar-refractivity contribution in [2.24, 2.45) is 5.41 Å². The van der Waals surface area contributed by atoms with E-state index in [0.717, 1.165) is 11.1 Å². The van der Waals surface area contributed by atoms with Gasteiger partial charge in [-0.1, -0.05) is 13.8 Å². The summed E-state index contributed by atoms with van der Waals surface area (Å²) in [7, 11) is 0. The van der Waals surface area contributed by atoms with Gasteiger partial charge in [-0.05, 0) is 30.4 Å². The van der Waals surface area contributed by atoms with Crippen LogP contribution >= 0.6 is 0 Å². The molecule has 3 rings (SSSR count). The molecule has 0 bridgehead atoms. The van der Waals surface area contributed by atoms with Crippen molar-refractivity contribution in [2.75, 3.05) is 0 Å². The molecule has 5 heteroatoms. The summed E-state index contributed by atoms with van der Waals surface area (Å²) in [5.41, 5.74) is 1.94. The van der Waals surface area contributed by atoms with Crippen LogP contribution < -0.4 is 0 Å². The third-order valence-corrected chi connectivity index (χ3v) is 26.2. The summed E-state index contributed by atoms with van der Waals surface area (Å²) in [4.78, 5) is 12.8. The third kappa shape index (κ3) is 9.43. The molecule has 3 atom stereocenters. The summed E-state index contributed by atoms with van der Waals surface area (Å²) in [5.74, 6) is 0.174. The minimum atomic E-state index is -2.31. The molecule has 2 aliphatic heterocycles. The quantitative estimate of drug-likeness (QED) is 0.0802. The van der Waals surface area contributed by atoms with Crippen LogP contribution in [0.15, 0.2) is 80.8 Å². The predicted octanol–water partition coefficient (Wildman–Crippen LogP) is 10.0. The Bertz CT molecular complexity index is 1170. The van der Waals surface area contributed by atoms with Gasteiger partial charge in [0.25, 0.3) is 0 Å². The van der Waals surface area contributed by atoms with Gasteiger partial charge in [0.1, 0.15) is 6.10 Å². The van der Waals surface area contributed by atoms with E-state index in [1.54, 1.807) is 9.67 Å². The monoisotopic (exact) mass is 698 g/mol.